The van der Waals surface area contributed by atoms with Crippen molar-refractivity contribution in [3.63, 3.8) is 0 Å². The maximum atomic E-state index is 13.1. The van der Waals surface area contributed by atoms with Gasteiger partial charge in [-0.3, -0.25) is 14.9 Å². The number of hydrogen-bond acceptors (Lipinski definition) is 7. The number of pyridine rings is 2. The quantitative estimate of drug-likeness (QED) is 0.547. The lowest BCUT2D eigenvalue weighted by atomic mass is 9.96. The minimum absolute atomic E-state index is 0.204. The van der Waals surface area contributed by atoms with Gasteiger partial charge in [0.05, 0.1) is 17.9 Å². The van der Waals surface area contributed by atoms with Gasteiger partial charge >= 0.3 is 17.9 Å². The Bertz CT molecular complexity index is 1060. The average molecular weight is 483 g/mol. The molecule has 0 radical (unpaired) electrons. The van der Waals surface area contributed by atoms with Crippen LogP contribution in [0.2, 0.25) is 0 Å². The molecule has 0 aliphatic carbocycles. The Morgan fingerprint density at radius 1 is 1.11 bits per heavy atom. The lowest BCUT2D eigenvalue weighted by Crippen LogP contribution is -2.44. The van der Waals surface area contributed by atoms with E-state index in [9.17, 15) is 14.4 Å². The van der Waals surface area contributed by atoms with Crippen molar-refractivity contribution in [3.05, 3.63) is 41.7 Å². The predicted octanol–water partition coefficient (Wildman–Crippen LogP) is 4.12. The van der Waals surface area contributed by atoms with Crippen molar-refractivity contribution in [3.8, 4) is 0 Å². The van der Waals surface area contributed by atoms with Crippen LogP contribution in [0.25, 0.3) is 0 Å². The van der Waals surface area contributed by atoms with Crippen LogP contribution >= 0.6 is 0 Å². The molecule has 0 bridgehead atoms. The smallest absolute Gasteiger partial charge is 0.413 e. The van der Waals surface area contributed by atoms with Crippen LogP contribution in [0.1, 0.15) is 64.1 Å². The summed E-state index contributed by atoms with van der Waals surface area (Å²) in [6.45, 7) is 7.73. The number of nitrogens with zero attached hydrogens (tertiary/aromatic N) is 3. The van der Waals surface area contributed by atoms with Crippen molar-refractivity contribution in [2.24, 2.45) is 0 Å². The third-order valence-electron chi connectivity index (χ3n) is 5.61. The molecule has 35 heavy (non-hydrogen) atoms. The van der Waals surface area contributed by atoms with Gasteiger partial charge in [0.2, 0.25) is 0 Å². The van der Waals surface area contributed by atoms with Gasteiger partial charge < -0.3 is 20.3 Å². The number of nitrogens with one attached hydrogen (secondary N) is 3. The normalized spacial score (nSPS) is 15.8. The molecule has 1 aliphatic heterocycles. The Kier molecular flexibility index (Phi) is 8.26. The minimum Gasteiger partial charge on any atom is -0.444 e. The zero-order valence-corrected chi connectivity index (χ0v) is 21.0. The van der Waals surface area contributed by atoms with Crippen molar-refractivity contribution in [1.82, 2.24) is 14.9 Å². The van der Waals surface area contributed by atoms with Crippen LogP contribution in [0, 0.1) is 0 Å². The molecule has 2 aromatic heterocycles. The number of piperidine rings is 1. The Morgan fingerprint density at radius 2 is 1.89 bits per heavy atom. The number of ether oxygens (including phenoxy) is 1. The van der Waals surface area contributed by atoms with E-state index in [-0.39, 0.29) is 6.04 Å². The van der Waals surface area contributed by atoms with Crippen LogP contribution in [0.5, 0.6) is 0 Å². The van der Waals surface area contributed by atoms with E-state index in [1.165, 1.54) is 6.20 Å². The van der Waals surface area contributed by atoms with Crippen molar-refractivity contribution < 1.29 is 19.1 Å². The number of amides is 3. The molecular weight excluding hydrogens is 448 g/mol. The Balaban J connectivity index is 1.70. The number of hydrogen-bond donors (Lipinski definition) is 3. The molecule has 0 aromatic carbocycles. The fourth-order valence-corrected chi connectivity index (χ4v) is 3.95. The zero-order valence-electron chi connectivity index (χ0n) is 21.0. The first-order valence-corrected chi connectivity index (χ1v) is 11.9. The van der Waals surface area contributed by atoms with Gasteiger partial charge in [0.1, 0.15) is 17.2 Å². The number of rotatable bonds is 5. The van der Waals surface area contributed by atoms with Crippen molar-refractivity contribution in [2.75, 3.05) is 29.5 Å². The van der Waals surface area contributed by atoms with Crippen LogP contribution in [0.15, 0.2) is 30.6 Å². The summed E-state index contributed by atoms with van der Waals surface area (Å²) in [5.74, 6) is -0.237. The first-order chi connectivity index (χ1) is 16.6. The number of anilines is 3. The molecule has 3 amide bonds. The first kappa shape index (κ1) is 25.9. The van der Waals surface area contributed by atoms with E-state index < -0.39 is 23.5 Å². The van der Waals surface area contributed by atoms with Crippen LogP contribution in [-0.2, 0) is 20.7 Å². The number of carbonyl (C=O) groups excluding carboxylic acids is 3. The second kappa shape index (κ2) is 11.2. The highest BCUT2D eigenvalue weighted by Gasteiger charge is 2.32. The number of carbonyl (C=O) groups is 3. The molecule has 3 heterocycles. The maximum absolute atomic E-state index is 13.1. The first-order valence-electron chi connectivity index (χ1n) is 11.9. The summed E-state index contributed by atoms with van der Waals surface area (Å²) in [5, 5.41) is 8.27. The third kappa shape index (κ3) is 6.91. The topological polar surface area (TPSA) is 126 Å². The monoisotopic (exact) mass is 482 g/mol. The van der Waals surface area contributed by atoms with E-state index in [1.807, 2.05) is 19.1 Å². The number of aryl methyl sites for hydroxylation is 1. The standard InChI is InChI=1S/C25H34N6O4/c1-6-16-13-18(15-28-21(16)30-24(34)35-25(2,3)4)29-22(32)23(33)31-12-8-7-9-19(31)17-10-11-20(26-5)27-14-17/h10-11,13-15,19H,6-9,12H2,1-5H3,(H,26,27)(H,29,32)(H,28,30,34)/t19-/m0/s1. The Hall–Kier alpha value is -3.69. The largest absolute Gasteiger partial charge is 0.444 e. The summed E-state index contributed by atoms with van der Waals surface area (Å²) in [7, 11) is 1.79. The lowest BCUT2D eigenvalue weighted by Gasteiger charge is -2.35. The van der Waals surface area contributed by atoms with Crippen LogP contribution < -0.4 is 16.0 Å². The fourth-order valence-electron chi connectivity index (χ4n) is 3.95. The minimum atomic E-state index is -0.728. The molecule has 0 spiro atoms. The summed E-state index contributed by atoms with van der Waals surface area (Å²) in [6.07, 6.45) is 5.68. The highest BCUT2D eigenvalue weighted by molar-refractivity contribution is 6.39. The summed E-state index contributed by atoms with van der Waals surface area (Å²) in [5.41, 5.74) is 1.34. The fraction of sp³-hybridized carbons (Fsp3) is 0.480. The Labute approximate surface area is 205 Å². The van der Waals surface area contributed by atoms with Gasteiger partial charge in [-0.1, -0.05) is 13.0 Å². The van der Waals surface area contributed by atoms with E-state index in [4.69, 9.17) is 4.74 Å². The van der Waals surface area contributed by atoms with Crippen molar-refractivity contribution in [2.45, 2.75) is 65.0 Å². The zero-order chi connectivity index (χ0) is 25.6. The van der Waals surface area contributed by atoms with Gasteiger partial charge in [-0.25, -0.2) is 14.8 Å². The second-order valence-corrected chi connectivity index (χ2v) is 9.40. The number of likely N-dealkylation sites (tertiary alicyclic amines) is 1. The molecule has 10 heteroatoms. The van der Waals surface area contributed by atoms with E-state index >= 15 is 0 Å². The van der Waals surface area contributed by atoms with Gasteiger partial charge in [-0.2, -0.15) is 0 Å². The van der Waals surface area contributed by atoms with Crippen molar-refractivity contribution >= 4 is 35.2 Å². The Morgan fingerprint density at radius 3 is 2.51 bits per heavy atom. The molecule has 1 fully saturated rings. The van der Waals surface area contributed by atoms with E-state index in [0.29, 0.717) is 30.0 Å². The van der Waals surface area contributed by atoms with Gasteiger partial charge in [0.15, 0.2) is 0 Å². The third-order valence-corrected chi connectivity index (χ3v) is 5.61. The molecule has 1 saturated heterocycles. The van der Waals surface area contributed by atoms with Gasteiger partial charge in [0, 0.05) is 19.8 Å². The molecule has 3 rings (SSSR count). The molecule has 0 unspecified atom stereocenters. The van der Waals surface area contributed by atoms with Gasteiger partial charge in [0.25, 0.3) is 0 Å². The summed E-state index contributed by atoms with van der Waals surface area (Å²) in [6, 6.07) is 5.28. The predicted molar refractivity (Wildman–Crippen MR) is 134 cm³/mol. The van der Waals surface area contributed by atoms with Gasteiger partial charge in [-0.15, -0.1) is 0 Å². The van der Waals surface area contributed by atoms with Gasteiger partial charge in [-0.05, 0) is 69.7 Å². The molecule has 10 nitrogen and oxygen atoms in total. The molecule has 1 atom stereocenters. The number of aromatic nitrogens is 2. The van der Waals surface area contributed by atoms with E-state index in [2.05, 4.69) is 25.9 Å². The highest BCUT2D eigenvalue weighted by Crippen LogP contribution is 2.31. The molecule has 1 aliphatic rings. The molecule has 2 aromatic rings. The summed E-state index contributed by atoms with van der Waals surface area (Å²) in [4.78, 5) is 48.3. The molecule has 188 valence electrons. The SMILES string of the molecule is CCc1cc(NC(=O)C(=O)N2CCCC[C@H]2c2ccc(NC)nc2)cnc1NC(=O)OC(C)(C)C. The summed E-state index contributed by atoms with van der Waals surface area (Å²) < 4.78 is 5.28. The highest BCUT2D eigenvalue weighted by atomic mass is 16.6. The maximum Gasteiger partial charge on any atom is 0.413 e. The van der Waals surface area contributed by atoms with Crippen LogP contribution in [-0.4, -0.2) is 52.0 Å². The molecule has 3 N–H and O–H groups in total. The lowest BCUT2D eigenvalue weighted by molar-refractivity contribution is -0.145. The van der Waals surface area contributed by atoms with Crippen LogP contribution in [0.4, 0.5) is 22.1 Å². The molecule has 0 saturated carbocycles. The molecular formula is C25H34N6O4. The van der Waals surface area contributed by atoms with Crippen molar-refractivity contribution in [1.29, 1.82) is 0 Å². The second-order valence-electron chi connectivity index (χ2n) is 9.40. The van der Waals surface area contributed by atoms with Crippen LogP contribution in [0.3, 0.4) is 0 Å². The summed E-state index contributed by atoms with van der Waals surface area (Å²) >= 11 is 0. The van der Waals surface area contributed by atoms with E-state index in [1.54, 1.807) is 45.0 Å². The van der Waals surface area contributed by atoms with E-state index in [0.717, 1.165) is 30.6 Å². The average Bonchev–Trinajstić information content (AvgIpc) is 2.83.